The average Bonchev–Trinajstić information content (AvgIpc) is 3.55. The summed E-state index contributed by atoms with van der Waals surface area (Å²) in [6.45, 7) is 9.04. The van der Waals surface area contributed by atoms with Crippen molar-refractivity contribution < 1.29 is 33.8 Å². The Morgan fingerprint density at radius 3 is 2.52 bits per heavy atom. The number of aliphatic carboxylic acids is 1. The van der Waals surface area contributed by atoms with Crippen molar-refractivity contribution in [3.8, 4) is 5.75 Å². The normalized spacial score (nSPS) is 26.0. The second-order valence-electron chi connectivity index (χ2n) is 13.1. The summed E-state index contributed by atoms with van der Waals surface area (Å²) in [5, 5.41) is 16.3. The molecule has 5 rings (SSSR count). The Bertz CT molecular complexity index is 1430. The maximum absolute atomic E-state index is 14.4. The molecule has 11 heteroatoms. The van der Waals surface area contributed by atoms with Crippen LogP contribution in [-0.4, -0.2) is 74.7 Å². The van der Waals surface area contributed by atoms with Crippen molar-refractivity contribution in [3.05, 3.63) is 49.2 Å². The molecule has 3 aliphatic rings. The zero-order chi connectivity index (χ0) is 31.6. The number of benzene rings is 1. The molecular formula is C33H42N4O7. The number of aromatic nitrogens is 1. The molecule has 2 aromatic rings. The van der Waals surface area contributed by atoms with E-state index >= 15 is 0 Å². The van der Waals surface area contributed by atoms with E-state index in [4.69, 9.17) is 9.47 Å². The lowest BCUT2D eigenvalue weighted by Gasteiger charge is -2.35. The highest BCUT2D eigenvalue weighted by atomic mass is 16.6. The molecule has 3 amide bonds. The van der Waals surface area contributed by atoms with Crippen LogP contribution in [-0.2, 0) is 19.1 Å². The molecule has 1 saturated heterocycles. The first-order chi connectivity index (χ1) is 20.9. The molecule has 3 fully saturated rings. The van der Waals surface area contributed by atoms with Gasteiger partial charge in [-0.3, -0.25) is 14.6 Å². The second-order valence-corrected chi connectivity index (χ2v) is 13.1. The van der Waals surface area contributed by atoms with Crippen LogP contribution < -0.4 is 15.4 Å². The Kier molecular flexibility index (Phi) is 8.85. The Labute approximate surface area is 257 Å². The van der Waals surface area contributed by atoms with Gasteiger partial charge in [-0.1, -0.05) is 37.5 Å². The van der Waals surface area contributed by atoms with Crippen molar-refractivity contribution in [2.75, 3.05) is 6.54 Å². The molecule has 11 nitrogen and oxygen atoms in total. The zero-order valence-corrected chi connectivity index (χ0v) is 25.6. The largest absolute Gasteiger partial charge is 0.488 e. The van der Waals surface area contributed by atoms with Gasteiger partial charge in [0.2, 0.25) is 11.8 Å². The van der Waals surface area contributed by atoms with E-state index in [1.54, 1.807) is 33.0 Å². The lowest BCUT2D eigenvalue weighted by Crippen LogP contribution is -2.58. The molecule has 2 aliphatic carbocycles. The summed E-state index contributed by atoms with van der Waals surface area (Å²) in [4.78, 5) is 59.1. The molecule has 5 atom stereocenters. The number of pyridine rings is 1. The number of hydrogen-bond acceptors (Lipinski definition) is 7. The summed E-state index contributed by atoms with van der Waals surface area (Å²) < 4.78 is 11.9. The number of alkyl carbamates (subject to hydrolysis) is 1. The number of carbonyl (C=O) groups excluding carboxylic acids is 3. The number of nitrogens with zero attached hydrogens (tertiary/aromatic N) is 2. The van der Waals surface area contributed by atoms with E-state index in [2.05, 4.69) is 22.2 Å². The van der Waals surface area contributed by atoms with E-state index in [1.807, 2.05) is 24.3 Å². The number of fused-ring (bicyclic) bond motifs is 1. The van der Waals surface area contributed by atoms with E-state index in [0.29, 0.717) is 5.75 Å². The van der Waals surface area contributed by atoms with Crippen LogP contribution in [0.5, 0.6) is 5.75 Å². The molecule has 0 bridgehead atoms. The Balaban J connectivity index is 1.43. The molecule has 1 aliphatic heterocycles. The topological polar surface area (TPSA) is 147 Å². The van der Waals surface area contributed by atoms with Gasteiger partial charge in [0.15, 0.2) is 0 Å². The van der Waals surface area contributed by atoms with Crippen molar-refractivity contribution in [1.29, 1.82) is 0 Å². The molecule has 3 N–H and O–H groups in total. The van der Waals surface area contributed by atoms with Crippen molar-refractivity contribution >= 4 is 34.8 Å². The zero-order valence-electron chi connectivity index (χ0n) is 25.6. The molecule has 44 heavy (non-hydrogen) atoms. The Hall–Kier alpha value is -4.15. The number of likely N-dealkylation sites (tertiary alicyclic amines) is 1. The number of carboxylic acids is 1. The summed E-state index contributed by atoms with van der Waals surface area (Å²) in [6, 6.07) is 7.36. The molecule has 5 unspecified atom stereocenters. The smallest absolute Gasteiger partial charge is 0.408 e. The fourth-order valence-corrected chi connectivity index (χ4v) is 6.51. The first-order valence-electron chi connectivity index (χ1n) is 15.4. The number of nitrogens with one attached hydrogen (secondary N) is 2. The molecule has 1 aromatic heterocycles. The van der Waals surface area contributed by atoms with Gasteiger partial charge in [0, 0.05) is 23.9 Å². The predicted molar refractivity (Wildman–Crippen MR) is 163 cm³/mol. The van der Waals surface area contributed by atoms with Gasteiger partial charge in [-0.2, -0.15) is 0 Å². The van der Waals surface area contributed by atoms with Gasteiger partial charge in [-0.15, -0.1) is 6.58 Å². The van der Waals surface area contributed by atoms with Gasteiger partial charge >= 0.3 is 12.1 Å². The number of amides is 3. The van der Waals surface area contributed by atoms with E-state index in [1.165, 1.54) is 11.0 Å². The van der Waals surface area contributed by atoms with E-state index in [-0.39, 0.29) is 25.3 Å². The van der Waals surface area contributed by atoms with Crippen molar-refractivity contribution in [2.45, 2.75) is 95.0 Å². The monoisotopic (exact) mass is 606 g/mol. The third-order valence-corrected chi connectivity index (χ3v) is 8.84. The minimum atomic E-state index is -1.45. The number of hydrogen-bond donors (Lipinski definition) is 3. The minimum absolute atomic E-state index is 0.0811. The average molecular weight is 607 g/mol. The van der Waals surface area contributed by atoms with Crippen LogP contribution in [0.3, 0.4) is 0 Å². The fourth-order valence-electron chi connectivity index (χ4n) is 6.51. The van der Waals surface area contributed by atoms with E-state index < -0.39 is 59.1 Å². The molecule has 0 radical (unpaired) electrons. The van der Waals surface area contributed by atoms with Gasteiger partial charge in [0.05, 0.1) is 12.1 Å². The summed E-state index contributed by atoms with van der Waals surface area (Å²) in [5.74, 6) is -2.09. The maximum atomic E-state index is 14.4. The lowest BCUT2D eigenvalue weighted by atomic mass is 9.83. The van der Waals surface area contributed by atoms with Gasteiger partial charge in [-0.25, -0.2) is 9.59 Å². The number of ether oxygens (including phenoxy) is 2. The van der Waals surface area contributed by atoms with Crippen LogP contribution in [0.4, 0.5) is 4.79 Å². The summed E-state index contributed by atoms with van der Waals surface area (Å²) in [7, 11) is 0. The number of para-hydroxylation sites is 1. The summed E-state index contributed by atoms with van der Waals surface area (Å²) in [5.41, 5.74) is -1.47. The standard InChI is InChI=1S/C33H42N4O7/c1-5-21-18-33(21,30(40)41)36-28(38)25-17-22(43-26-15-16-34-24-14-10-9-13-23(24)26)19-37(25)29(39)27(20-11-7-6-8-12-20)35-31(42)44-32(2,3)4/h5,9-10,13-16,20-22,25,27H,1,6-8,11-12,17-19H2,2-4H3,(H,35,42)(H,36,38)(H,40,41). The number of carboxylic acid groups (broad SMARTS) is 1. The predicted octanol–water partition coefficient (Wildman–Crippen LogP) is 4.20. The lowest BCUT2D eigenvalue weighted by molar-refractivity contribution is -0.146. The molecular weight excluding hydrogens is 564 g/mol. The minimum Gasteiger partial charge on any atom is -0.488 e. The SMILES string of the molecule is C=CC1CC1(NC(=O)C1CC(Oc2ccnc3ccccc23)CN1C(=O)C(NC(=O)OC(C)(C)C)C1CCCCC1)C(=O)O. The van der Waals surface area contributed by atoms with E-state index in [0.717, 1.165) is 43.0 Å². The van der Waals surface area contributed by atoms with Crippen molar-refractivity contribution in [3.63, 3.8) is 0 Å². The van der Waals surface area contributed by atoms with Crippen LogP contribution in [0.2, 0.25) is 0 Å². The fraction of sp³-hybridized carbons (Fsp3) is 0.545. The number of carbonyl (C=O) groups is 4. The second kappa shape index (κ2) is 12.5. The Morgan fingerprint density at radius 2 is 1.86 bits per heavy atom. The molecule has 236 valence electrons. The number of rotatable bonds is 9. The van der Waals surface area contributed by atoms with Crippen LogP contribution in [0, 0.1) is 11.8 Å². The molecule has 0 spiro atoms. The first kappa shape index (κ1) is 31.3. The molecule has 2 saturated carbocycles. The highest BCUT2D eigenvalue weighted by molar-refractivity contribution is 5.96. The van der Waals surface area contributed by atoms with Gasteiger partial charge in [-0.05, 0) is 64.2 Å². The highest BCUT2D eigenvalue weighted by Crippen LogP contribution is 2.45. The van der Waals surface area contributed by atoms with Gasteiger partial charge < -0.3 is 30.1 Å². The van der Waals surface area contributed by atoms with Crippen LogP contribution in [0.25, 0.3) is 10.9 Å². The van der Waals surface area contributed by atoms with E-state index in [9.17, 15) is 24.3 Å². The quantitative estimate of drug-likeness (QED) is 0.360. The Morgan fingerprint density at radius 1 is 1.14 bits per heavy atom. The van der Waals surface area contributed by atoms with Gasteiger partial charge in [0.1, 0.15) is 35.1 Å². The summed E-state index contributed by atoms with van der Waals surface area (Å²) >= 11 is 0. The molecule has 1 aromatic carbocycles. The van der Waals surface area contributed by atoms with Crippen LogP contribution in [0.15, 0.2) is 49.2 Å². The van der Waals surface area contributed by atoms with Crippen molar-refractivity contribution in [2.24, 2.45) is 11.8 Å². The highest BCUT2D eigenvalue weighted by Gasteiger charge is 2.61. The maximum Gasteiger partial charge on any atom is 0.408 e. The summed E-state index contributed by atoms with van der Waals surface area (Å²) in [6.07, 6.45) is 6.69. The van der Waals surface area contributed by atoms with Crippen LogP contribution in [0.1, 0.15) is 65.7 Å². The first-order valence-corrected chi connectivity index (χ1v) is 15.4. The molecule has 2 heterocycles. The van der Waals surface area contributed by atoms with Crippen molar-refractivity contribution in [1.82, 2.24) is 20.5 Å². The van der Waals surface area contributed by atoms with Crippen LogP contribution >= 0.6 is 0 Å². The van der Waals surface area contributed by atoms with Gasteiger partial charge in [0.25, 0.3) is 0 Å². The third-order valence-electron chi connectivity index (χ3n) is 8.84. The third kappa shape index (κ3) is 6.66.